The van der Waals surface area contributed by atoms with Gasteiger partial charge in [0.2, 0.25) is 5.91 Å². The van der Waals surface area contributed by atoms with Crippen LogP contribution < -0.4 is 5.32 Å². The molecule has 3 rings (SSSR count). The van der Waals surface area contributed by atoms with E-state index in [1.807, 2.05) is 4.90 Å². The molecule has 0 aliphatic carbocycles. The Bertz CT molecular complexity index is 677. The molecule has 140 valence electrons. The second-order valence-electron chi connectivity index (χ2n) is 6.86. The highest BCUT2D eigenvalue weighted by Gasteiger charge is 2.31. The number of rotatable bonds is 4. The summed E-state index contributed by atoms with van der Waals surface area (Å²) in [5.41, 5.74) is 0.876. The van der Waals surface area contributed by atoms with E-state index in [0.717, 1.165) is 44.6 Å². The molecule has 1 aromatic carbocycles. The molecule has 2 fully saturated rings. The minimum atomic E-state index is -3.18. The molecule has 2 heterocycles. The van der Waals surface area contributed by atoms with Gasteiger partial charge in [0.1, 0.15) is 0 Å². The second-order valence-corrected chi connectivity index (χ2v) is 9.14. The van der Waals surface area contributed by atoms with Crippen LogP contribution in [0.25, 0.3) is 0 Å². The second kappa shape index (κ2) is 8.52. The number of hydrogen-bond acceptors (Lipinski definition) is 4. The van der Waals surface area contributed by atoms with Crippen LogP contribution in [-0.2, 0) is 21.1 Å². The molecule has 1 aromatic rings. The zero-order valence-electron chi connectivity index (χ0n) is 14.6. The number of halogens is 1. The average Bonchev–Trinajstić information content (AvgIpc) is 2.93. The number of benzene rings is 1. The summed E-state index contributed by atoms with van der Waals surface area (Å²) >= 11 is 0. The van der Waals surface area contributed by atoms with Gasteiger partial charge in [0, 0.05) is 13.1 Å². The van der Waals surface area contributed by atoms with Crippen LogP contribution in [-0.4, -0.2) is 51.2 Å². The van der Waals surface area contributed by atoms with E-state index >= 15 is 0 Å². The third kappa shape index (κ3) is 4.74. The van der Waals surface area contributed by atoms with Crippen molar-refractivity contribution in [3.63, 3.8) is 0 Å². The van der Waals surface area contributed by atoms with Crippen LogP contribution in [0.4, 0.5) is 0 Å². The molecular weight excluding hydrogens is 360 g/mol. The molecule has 0 bridgehead atoms. The summed E-state index contributed by atoms with van der Waals surface area (Å²) in [6, 6.07) is 6.74. The number of hydrogen-bond donors (Lipinski definition) is 1. The Hall–Kier alpha value is -1.11. The lowest BCUT2D eigenvalue weighted by Gasteiger charge is -2.21. The molecular formula is C18H27ClN2O3S. The van der Waals surface area contributed by atoms with Crippen molar-refractivity contribution < 1.29 is 13.2 Å². The molecule has 0 saturated carbocycles. The molecule has 0 radical (unpaired) electrons. The van der Waals surface area contributed by atoms with Gasteiger partial charge in [-0.15, -0.1) is 12.4 Å². The lowest BCUT2D eigenvalue weighted by Crippen LogP contribution is -2.33. The fourth-order valence-corrected chi connectivity index (χ4v) is 4.62. The largest absolute Gasteiger partial charge is 0.342 e. The van der Waals surface area contributed by atoms with E-state index in [9.17, 15) is 13.2 Å². The first-order valence-corrected chi connectivity index (χ1v) is 10.4. The topological polar surface area (TPSA) is 66.5 Å². The van der Waals surface area contributed by atoms with E-state index in [4.69, 9.17) is 0 Å². The lowest BCUT2D eigenvalue weighted by atomic mass is 9.92. The van der Waals surface area contributed by atoms with Crippen LogP contribution in [0.1, 0.15) is 25.3 Å². The van der Waals surface area contributed by atoms with E-state index in [1.165, 1.54) is 0 Å². The van der Waals surface area contributed by atoms with E-state index in [0.29, 0.717) is 23.2 Å². The molecule has 1 N–H and O–H groups in total. The van der Waals surface area contributed by atoms with Gasteiger partial charge in [0.25, 0.3) is 0 Å². The summed E-state index contributed by atoms with van der Waals surface area (Å²) in [6.07, 6.45) is 2.51. The molecule has 7 heteroatoms. The van der Waals surface area contributed by atoms with Crippen molar-refractivity contribution >= 4 is 28.2 Å². The summed E-state index contributed by atoms with van der Waals surface area (Å²) in [4.78, 5) is 14.9. The van der Waals surface area contributed by atoms with E-state index in [-0.39, 0.29) is 24.1 Å². The molecule has 5 nitrogen and oxygen atoms in total. The molecule has 2 saturated heterocycles. The zero-order chi connectivity index (χ0) is 17.2. The SMILES string of the molecule is CCS(=O)(=O)c1ccc(CC(=O)N2CC[C@@H]3CNC[C@@H]3CC2)cc1.Cl. The maximum absolute atomic E-state index is 12.6. The maximum atomic E-state index is 12.6. The van der Waals surface area contributed by atoms with Crippen molar-refractivity contribution in [1.82, 2.24) is 10.2 Å². The predicted molar refractivity (Wildman–Crippen MR) is 101 cm³/mol. The summed E-state index contributed by atoms with van der Waals surface area (Å²) in [5, 5.41) is 3.45. The van der Waals surface area contributed by atoms with Gasteiger partial charge in [-0.1, -0.05) is 19.1 Å². The molecule has 25 heavy (non-hydrogen) atoms. The minimum Gasteiger partial charge on any atom is -0.342 e. The molecule has 0 unspecified atom stereocenters. The Morgan fingerprint density at radius 1 is 1.12 bits per heavy atom. The van der Waals surface area contributed by atoms with E-state index in [1.54, 1.807) is 31.2 Å². The van der Waals surface area contributed by atoms with Crippen LogP contribution in [0, 0.1) is 11.8 Å². The minimum absolute atomic E-state index is 0. The van der Waals surface area contributed by atoms with Gasteiger partial charge in [-0.25, -0.2) is 8.42 Å². The first-order valence-electron chi connectivity index (χ1n) is 8.80. The van der Waals surface area contributed by atoms with E-state index < -0.39 is 9.84 Å². The maximum Gasteiger partial charge on any atom is 0.226 e. The molecule has 0 spiro atoms. The zero-order valence-corrected chi connectivity index (χ0v) is 16.2. The number of nitrogens with zero attached hydrogens (tertiary/aromatic N) is 1. The van der Waals surface area contributed by atoms with Crippen LogP contribution in [0.3, 0.4) is 0 Å². The first kappa shape index (κ1) is 20.2. The summed E-state index contributed by atoms with van der Waals surface area (Å²) in [7, 11) is -3.18. The van der Waals surface area contributed by atoms with Gasteiger partial charge in [0.05, 0.1) is 17.1 Å². The van der Waals surface area contributed by atoms with Crippen molar-refractivity contribution in [2.24, 2.45) is 11.8 Å². The van der Waals surface area contributed by atoms with Gasteiger partial charge in [-0.2, -0.15) is 0 Å². The normalized spacial score (nSPS) is 23.5. The van der Waals surface area contributed by atoms with E-state index in [2.05, 4.69) is 5.32 Å². The third-order valence-corrected chi connectivity index (χ3v) is 7.14. The fraction of sp³-hybridized carbons (Fsp3) is 0.611. The number of nitrogens with one attached hydrogen (secondary N) is 1. The highest BCUT2D eigenvalue weighted by atomic mass is 35.5. The van der Waals surface area contributed by atoms with Crippen molar-refractivity contribution in [2.45, 2.75) is 31.1 Å². The van der Waals surface area contributed by atoms with Crippen molar-refractivity contribution in [3.05, 3.63) is 29.8 Å². The number of amides is 1. The Balaban J connectivity index is 0.00000225. The molecule has 2 atom stereocenters. The standard InChI is InChI=1S/C18H26N2O3S.ClH/c1-2-24(22,23)17-5-3-14(4-6-17)11-18(21)20-9-7-15-12-19-13-16(15)8-10-20;/h3-6,15-16,19H,2,7-13H2,1H3;1H/t15-,16+;. The number of fused-ring (bicyclic) bond motifs is 1. The van der Waals surface area contributed by atoms with Crippen LogP contribution in [0.5, 0.6) is 0 Å². The monoisotopic (exact) mass is 386 g/mol. The lowest BCUT2D eigenvalue weighted by molar-refractivity contribution is -0.130. The molecule has 1 amide bonds. The average molecular weight is 387 g/mol. The first-order chi connectivity index (χ1) is 11.5. The predicted octanol–water partition coefficient (Wildman–Crippen LogP) is 1.90. The number of carbonyl (C=O) groups is 1. The molecule has 2 aliphatic rings. The van der Waals surface area contributed by atoms with Crippen molar-refractivity contribution in [1.29, 1.82) is 0 Å². The summed E-state index contributed by atoms with van der Waals surface area (Å²) in [6.45, 7) is 5.48. The third-order valence-electron chi connectivity index (χ3n) is 5.39. The highest BCUT2D eigenvalue weighted by Crippen LogP contribution is 2.27. The van der Waals surface area contributed by atoms with Gasteiger partial charge < -0.3 is 10.2 Å². The van der Waals surface area contributed by atoms with Gasteiger partial charge in [-0.3, -0.25) is 4.79 Å². The van der Waals surface area contributed by atoms with Crippen LogP contribution >= 0.6 is 12.4 Å². The summed E-state index contributed by atoms with van der Waals surface area (Å²) in [5.74, 6) is 1.66. The number of sulfone groups is 1. The van der Waals surface area contributed by atoms with Crippen LogP contribution in [0.2, 0.25) is 0 Å². The van der Waals surface area contributed by atoms with Gasteiger partial charge in [0.15, 0.2) is 9.84 Å². The molecule has 2 aliphatic heterocycles. The Morgan fingerprint density at radius 2 is 1.68 bits per heavy atom. The van der Waals surface area contributed by atoms with Crippen LogP contribution in [0.15, 0.2) is 29.2 Å². The quantitative estimate of drug-likeness (QED) is 0.858. The smallest absolute Gasteiger partial charge is 0.226 e. The number of carbonyl (C=O) groups excluding carboxylic acids is 1. The molecule has 0 aromatic heterocycles. The summed E-state index contributed by atoms with van der Waals surface area (Å²) < 4.78 is 23.7. The number of likely N-dealkylation sites (tertiary alicyclic amines) is 1. The highest BCUT2D eigenvalue weighted by molar-refractivity contribution is 7.91. The fourth-order valence-electron chi connectivity index (χ4n) is 3.74. The van der Waals surface area contributed by atoms with Crippen molar-refractivity contribution in [2.75, 3.05) is 31.9 Å². The van der Waals surface area contributed by atoms with Gasteiger partial charge >= 0.3 is 0 Å². The Kier molecular flexibility index (Phi) is 6.88. The Morgan fingerprint density at radius 3 is 2.20 bits per heavy atom. The van der Waals surface area contributed by atoms with Gasteiger partial charge in [-0.05, 0) is 55.5 Å². The Labute approximate surface area is 156 Å². The van der Waals surface area contributed by atoms with Crippen molar-refractivity contribution in [3.8, 4) is 0 Å².